The summed E-state index contributed by atoms with van der Waals surface area (Å²) >= 11 is 0. The van der Waals surface area contributed by atoms with E-state index in [1.165, 1.54) is 5.56 Å². The van der Waals surface area contributed by atoms with Gasteiger partial charge in [0.05, 0.1) is 17.2 Å². The van der Waals surface area contributed by atoms with Gasteiger partial charge < -0.3 is 0 Å². The first kappa shape index (κ1) is 17.5. The minimum Gasteiger partial charge on any atom is -0.292 e. The van der Waals surface area contributed by atoms with Crippen LogP contribution in [0.1, 0.15) is 65.5 Å². The van der Waals surface area contributed by atoms with Crippen LogP contribution in [0.4, 0.5) is 0 Å². The molecule has 0 spiro atoms. The number of rotatable bonds is 2. The van der Waals surface area contributed by atoms with Crippen LogP contribution in [0, 0.1) is 23.2 Å². The van der Waals surface area contributed by atoms with Crippen LogP contribution in [0.5, 0.6) is 0 Å². The highest BCUT2D eigenvalue weighted by Gasteiger charge is 2.57. The molecule has 1 aromatic carbocycles. The molecule has 2 aliphatic rings. The van der Waals surface area contributed by atoms with Gasteiger partial charge in [-0.3, -0.25) is 4.84 Å². The molecule has 4 atom stereocenters. The summed E-state index contributed by atoms with van der Waals surface area (Å²) in [4.78, 5) is 6.38. The maximum atomic E-state index is 9.55. The highest BCUT2D eigenvalue weighted by Crippen LogP contribution is 2.54. The number of nitriles is 1. The second-order valence-electron chi connectivity index (χ2n) is 8.85. The Morgan fingerprint density at radius 2 is 1.88 bits per heavy atom. The van der Waals surface area contributed by atoms with Crippen LogP contribution in [0.2, 0.25) is 0 Å². The van der Waals surface area contributed by atoms with Gasteiger partial charge in [0.2, 0.25) is 0 Å². The average molecular weight is 326 g/mol. The third kappa shape index (κ3) is 2.66. The Kier molecular flexibility index (Phi) is 4.26. The maximum absolute atomic E-state index is 9.55. The molecule has 3 nitrogen and oxygen atoms in total. The Labute approximate surface area is 146 Å². The molecule has 0 N–H and O–H groups in total. The quantitative estimate of drug-likeness (QED) is 0.792. The third-order valence-electron chi connectivity index (χ3n) is 6.17. The van der Waals surface area contributed by atoms with Crippen molar-refractivity contribution in [1.82, 2.24) is 5.06 Å². The van der Waals surface area contributed by atoms with Crippen molar-refractivity contribution in [1.29, 1.82) is 5.26 Å². The molecule has 130 valence electrons. The van der Waals surface area contributed by atoms with Crippen molar-refractivity contribution in [3.8, 4) is 6.07 Å². The monoisotopic (exact) mass is 326 g/mol. The lowest BCUT2D eigenvalue weighted by Gasteiger charge is -2.47. The molecule has 0 amide bonds. The van der Waals surface area contributed by atoms with E-state index in [1.807, 2.05) is 12.1 Å². The Balaban J connectivity index is 2.01. The van der Waals surface area contributed by atoms with Crippen LogP contribution in [0.15, 0.2) is 24.3 Å². The van der Waals surface area contributed by atoms with Gasteiger partial charge in [-0.2, -0.15) is 10.3 Å². The first-order valence-corrected chi connectivity index (χ1v) is 9.17. The minimum atomic E-state index is -0.160. The molecular weight excluding hydrogens is 296 g/mol. The number of nitrogens with zero attached hydrogens (tertiary/aromatic N) is 2. The summed E-state index contributed by atoms with van der Waals surface area (Å²) in [6.45, 7) is 13.6. The molecule has 1 aliphatic carbocycles. The fourth-order valence-corrected chi connectivity index (χ4v) is 5.18. The van der Waals surface area contributed by atoms with Crippen molar-refractivity contribution in [2.75, 3.05) is 0 Å². The molecule has 1 aromatic rings. The molecule has 0 bridgehead atoms. The predicted octanol–water partition coefficient (Wildman–Crippen LogP) is 4.66. The number of benzene rings is 1. The topological polar surface area (TPSA) is 36.3 Å². The fourth-order valence-electron chi connectivity index (χ4n) is 5.18. The summed E-state index contributed by atoms with van der Waals surface area (Å²) < 4.78 is 0. The van der Waals surface area contributed by atoms with E-state index in [0.29, 0.717) is 23.9 Å². The maximum Gasteiger partial charge on any atom is 0.0994 e. The van der Waals surface area contributed by atoms with E-state index in [0.717, 1.165) is 18.4 Å². The Morgan fingerprint density at radius 3 is 2.50 bits per heavy atom. The van der Waals surface area contributed by atoms with E-state index < -0.39 is 0 Å². The van der Waals surface area contributed by atoms with Crippen LogP contribution >= 0.6 is 0 Å². The largest absolute Gasteiger partial charge is 0.292 e. The highest BCUT2D eigenvalue weighted by molar-refractivity contribution is 5.42. The lowest BCUT2D eigenvalue weighted by Crippen LogP contribution is -2.50. The van der Waals surface area contributed by atoms with Crippen molar-refractivity contribution >= 4 is 0 Å². The van der Waals surface area contributed by atoms with Gasteiger partial charge in [0.1, 0.15) is 0 Å². The summed E-state index contributed by atoms with van der Waals surface area (Å²) in [6.07, 6.45) is 2.16. The van der Waals surface area contributed by atoms with Gasteiger partial charge in [-0.05, 0) is 63.5 Å². The molecule has 24 heavy (non-hydrogen) atoms. The Hall–Kier alpha value is -1.37. The second kappa shape index (κ2) is 5.86. The predicted molar refractivity (Wildman–Crippen MR) is 96.3 cm³/mol. The van der Waals surface area contributed by atoms with Gasteiger partial charge in [-0.1, -0.05) is 32.0 Å². The fraction of sp³-hybridized carbons (Fsp3) is 0.667. The first-order chi connectivity index (χ1) is 11.2. The molecule has 1 saturated carbocycles. The SMILES string of the molecule is CC(C)N1OC(C)(C)[C@@H]2C[C@](C)(c3ccccc3C#N)C[C@H](C)[C@H]21. The van der Waals surface area contributed by atoms with E-state index in [2.05, 4.69) is 64.8 Å². The first-order valence-electron chi connectivity index (χ1n) is 9.17. The van der Waals surface area contributed by atoms with Crippen LogP contribution in [0.25, 0.3) is 0 Å². The third-order valence-corrected chi connectivity index (χ3v) is 6.17. The van der Waals surface area contributed by atoms with Gasteiger partial charge in [0.25, 0.3) is 0 Å². The normalized spacial score (nSPS) is 35.7. The smallest absolute Gasteiger partial charge is 0.0994 e. The number of hydrogen-bond donors (Lipinski definition) is 0. The molecular formula is C21H30N2O. The molecule has 3 rings (SSSR count). The summed E-state index contributed by atoms with van der Waals surface area (Å²) in [5, 5.41) is 11.8. The zero-order valence-corrected chi connectivity index (χ0v) is 15.8. The van der Waals surface area contributed by atoms with Gasteiger partial charge in [0.15, 0.2) is 0 Å². The molecule has 0 radical (unpaired) electrons. The van der Waals surface area contributed by atoms with E-state index in [4.69, 9.17) is 4.84 Å². The van der Waals surface area contributed by atoms with E-state index >= 15 is 0 Å². The van der Waals surface area contributed by atoms with Gasteiger partial charge in [-0.25, -0.2) is 0 Å². The van der Waals surface area contributed by atoms with Crippen LogP contribution in [-0.4, -0.2) is 22.7 Å². The van der Waals surface area contributed by atoms with Gasteiger partial charge in [-0.15, -0.1) is 0 Å². The van der Waals surface area contributed by atoms with Crippen molar-refractivity contribution in [3.05, 3.63) is 35.4 Å². The van der Waals surface area contributed by atoms with Gasteiger partial charge in [0, 0.05) is 18.0 Å². The molecule has 2 fully saturated rings. The number of fused-ring (bicyclic) bond motifs is 1. The highest BCUT2D eigenvalue weighted by atomic mass is 16.7. The number of hydrogen-bond acceptors (Lipinski definition) is 3. The lowest BCUT2D eigenvalue weighted by molar-refractivity contribution is -0.215. The van der Waals surface area contributed by atoms with E-state index in [-0.39, 0.29) is 11.0 Å². The van der Waals surface area contributed by atoms with Crippen LogP contribution in [0.3, 0.4) is 0 Å². The van der Waals surface area contributed by atoms with Crippen molar-refractivity contribution in [2.24, 2.45) is 11.8 Å². The molecule has 3 heteroatoms. The zero-order valence-electron chi connectivity index (χ0n) is 15.8. The second-order valence-corrected chi connectivity index (χ2v) is 8.85. The van der Waals surface area contributed by atoms with Gasteiger partial charge >= 0.3 is 0 Å². The van der Waals surface area contributed by atoms with E-state index in [1.54, 1.807) is 0 Å². The summed E-state index contributed by atoms with van der Waals surface area (Å²) in [6, 6.07) is 11.4. The summed E-state index contributed by atoms with van der Waals surface area (Å²) in [5.74, 6) is 1.00. The molecule has 0 unspecified atom stereocenters. The average Bonchev–Trinajstić information content (AvgIpc) is 2.79. The minimum absolute atomic E-state index is 0.0283. The summed E-state index contributed by atoms with van der Waals surface area (Å²) in [5.41, 5.74) is 1.90. The summed E-state index contributed by atoms with van der Waals surface area (Å²) in [7, 11) is 0. The van der Waals surface area contributed by atoms with Crippen LogP contribution < -0.4 is 0 Å². The number of hydroxylamine groups is 2. The molecule has 1 heterocycles. The van der Waals surface area contributed by atoms with Crippen molar-refractivity contribution in [3.63, 3.8) is 0 Å². The molecule has 1 aliphatic heterocycles. The van der Waals surface area contributed by atoms with Crippen molar-refractivity contribution in [2.45, 2.75) is 77.5 Å². The Bertz CT molecular complexity index is 660. The molecule has 1 saturated heterocycles. The standard InChI is InChI=1S/C21H30N2O/c1-14(2)23-19-15(3)11-21(6,12-18(19)20(4,5)24-23)17-10-8-7-9-16(17)13-22/h7-10,14-15,18-19H,11-12H2,1-6H3/t15-,18+,19+,21+/m0/s1. The zero-order chi connectivity index (χ0) is 17.7. The van der Waals surface area contributed by atoms with E-state index in [9.17, 15) is 5.26 Å². The lowest BCUT2D eigenvalue weighted by atomic mass is 9.58. The Morgan fingerprint density at radius 1 is 1.21 bits per heavy atom. The van der Waals surface area contributed by atoms with Crippen molar-refractivity contribution < 1.29 is 4.84 Å². The van der Waals surface area contributed by atoms with Crippen LogP contribution in [-0.2, 0) is 10.3 Å². The molecule has 0 aromatic heterocycles.